The molecule has 0 spiro atoms. The van der Waals surface area contributed by atoms with Crippen LogP contribution < -0.4 is 10.6 Å². The highest BCUT2D eigenvalue weighted by Gasteiger charge is 2.32. The molecule has 42 heavy (non-hydrogen) atoms. The third-order valence-electron chi connectivity index (χ3n) is 7.52. The molecule has 0 saturated carbocycles. The van der Waals surface area contributed by atoms with Gasteiger partial charge in [0.25, 0.3) is 5.91 Å². The van der Waals surface area contributed by atoms with E-state index in [1.807, 2.05) is 32.6 Å². The smallest absolute Gasteiger partial charge is 0.355 e. The summed E-state index contributed by atoms with van der Waals surface area (Å²) < 4.78 is 16.4. The highest BCUT2D eigenvalue weighted by molar-refractivity contribution is 6.33. The molecule has 5 rings (SSSR count). The van der Waals surface area contributed by atoms with Crippen LogP contribution >= 0.6 is 11.6 Å². The van der Waals surface area contributed by atoms with Crippen molar-refractivity contribution in [3.05, 3.63) is 75.2 Å². The Hall–Kier alpha value is -3.93. The monoisotopic (exact) mass is 594 g/mol. The van der Waals surface area contributed by atoms with Crippen LogP contribution in [0, 0.1) is 12.7 Å². The third-order valence-corrected chi connectivity index (χ3v) is 7.81. The van der Waals surface area contributed by atoms with E-state index >= 15 is 0 Å². The van der Waals surface area contributed by atoms with Crippen molar-refractivity contribution in [2.45, 2.75) is 45.8 Å². The van der Waals surface area contributed by atoms with Crippen LogP contribution in [0.4, 0.5) is 10.2 Å². The number of anilines is 1. The fourth-order valence-corrected chi connectivity index (χ4v) is 5.67. The number of rotatable bonds is 6. The van der Waals surface area contributed by atoms with E-state index in [2.05, 4.69) is 9.97 Å². The number of carbonyl (C=O) groups is 1. The second-order valence-electron chi connectivity index (χ2n) is 10.8. The van der Waals surface area contributed by atoms with Crippen molar-refractivity contribution in [1.82, 2.24) is 24.4 Å². The summed E-state index contributed by atoms with van der Waals surface area (Å²) in [6.07, 6.45) is 0.193. The van der Waals surface area contributed by atoms with Crippen LogP contribution in [0.25, 0.3) is 28.0 Å². The van der Waals surface area contributed by atoms with Crippen molar-refractivity contribution < 1.29 is 19.4 Å². The molecule has 1 fully saturated rings. The van der Waals surface area contributed by atoms with Gasteiger partial charge in [0.05, 0.1) is 34.1 Å². The number of pyridine rings is 2. The van der Waals surface area contributed by atoms with Gasteiger partial charge in [-0.05, 0) is 49.6 Å². The fourth-order valence-electron chi connectivity index (χ4n) is 5.41. The Morgan fingerprint density at radius 3 is 2.60 bits per heavy atom. The van der Waals surface area contributed by atoms with Crippen LogP contribution in [-0.2, 0) is 4.79 Å². The average Bonchev–Trinajstić information content (AvgIpc) is 2.96. The van der Waals surface area contributed by atoms with Gasteiger partial charge in [-0.2, -0.15) is 4.98 Å². The number of piperazine rings is 1. The molecule has 1 amide bonds. The van der Waals surface area contributed by atoms with Crippen molar-refractivity contribution in [1.29, 1.82) is 0 Å². The van der Waals surface area contributed by atoms with Crippen LogP contribution in [0.5, 0.6) is 0 Å². The summed E-state index contributed by atoms with van der Waals surface area (Å²) in [6.45, 7) is 7.80. The maximum absolute atomic E-state index is 14.9. The molecule has 12 heteroatoms. The maximum Gasteiger partial charge on any atom is 0.355 e. The van der Waals surface area contributed by atoms with E-state index in [1.165, 1.54) is 15.5 Å². The van der Waals surface area contributed by atoms with Gasteiger partial charge in [-0.15, -0.1) is 0 Å². The molecule has 0 radical (unpaired) electrons. The minimum absolute atomic E-state index is 0.0280. The minimum atomic E-state index is -1.50. The van der Waals surface area contributed by atoms with Crippen LogP contribution in [0.1, 0.15) is 37.9 Å². The van der Waals surface area contributed by atoms with Gasteiger partial charge in [0.2, 0.25) is 0 Å². The third kappa shape index (κ3) is 5.23. The number of aryl methyl sites for hydroxylation is 1. The molecule has 220 valence electrons. The molecule has 1 aromatic carbocycles. The van der Waals surface area contributed by atoms with Gasteiger partial charge in [0, 0.05) is 37.4 Å². The lowest BCUT2D eigenvalue weighted by Crippen LogP contribution is -2.56. The summed E-state index contributed by atoms with van der Waals surface area (Å²) in [6, 6.07) is 9.30. The summed E-state index contributed by atoms with van der Waals surface area (Å²) in [5.41, 5.74) is 2.05. The number of fused-ring (bicyclic) bond motifs is 1. The molecule has 1 saturated heterocycles. The standard InChI is InChI=1S/C30H32ClFN6O4/c1-16(2)24-26(17(3)9-10-33-24)38-28-20(13-21(31)25(34-28)19-7-5-6-8-22(19)32)27(35-30(38)42)37-12-11-36(14-18(37)4)29(41)23(40)15-39/h5-10,13,16,18,23,39-40H,11-12,14-15H2,1-4H3/t18-,23?/m0/s1. The van der Waals surface area contributed by atoms with Gasteiger partial charge in [-0.3, -0.25) is 9.78 Å². The summed E-state index contributed by atoms with van der Waals surface area (Å²) >= 11 is 6.74. The van der Waals surface area contributed by atoms with Gasteiger partial charge < -0.3 is 20.0 Å². The Morgan fingerprint density at radius 2 is 1.93 bits per heavy atom. The first kappa shape index (κ1) is 29.6. The SMILES string of the molecule is Cc1ccnc(C(C)C)c1-n1c(=O)nc(N2CCN(C(=O)C(O)CO)C[C@@H]2C)c2cc(Cl)c(-c3ccccc3F)nc21. The number of aliphatic hydroxyl groups excluding tert-OH is 2. The van der Waals surface area contributed by atoms with Crippen molar-refractivity contribution in [3.63, 3.8) is 0 Å². The predicted molar refractivity (Wildman–Crippen MR) is 159 cm³/mol. The topological polar surface area (TPSA) is 125 Å². The number of amides is 1. The number of halogens is 2. The molecule has 10 nitrogen and oxygen atoms in total. The van der Waals surface area contributed by atoms with Crippen molar-refractivity contribution in [2.24, 2.45) is 0 Å². The Labute approximate surface area is 247 Å². The first-order valence-electron chi connectivity index (χ1n) is 13.7. The Morgan fingerprint density at radius 1 is 1.19 bits per heavy atom. The summed E-state index contributed by atoms with van der Waals surface area (Å²) in [5.74, 6) is -0.769. The minimum Gasteiger partial charge on any atom is -0.393 e. The molecule has 1 unspecified atom stereocenters. The van der Waals surface area contributed by atoms with Crippen LogP contribution in [-0.4, -0.2) is 78.9 Å². The average molecular weight is 595 g/mol. The lowest BCUT2D eigenvalue weighted by molar-refractivity contribution is -0.142. The predicted octanol–water partition coefficient (Wildman–Crippen LogP) is 3.46. The van der Waals surface area contributed by atoms with E-state index in [-0.39, 0.29) is 47.0 Å². The van der Waals surface area contributed by atoms with E-state index in [4.69, 9.17) is 16.6 Å². The molecule has 3 aromatic heterocycles. The van der Waals surface area contributed by atoms with E-state index < -0.39 is 30.1 Å². The number of aliphatic hydroxyl groups is 2. The second-order valence-corrected chi connectivity index (χ2v) is 11.2. The molecule has 1 aliphatic heterocycles. The molecule has 2 N–H and O–H groups in total. The number of carbonyl (C=O) groups excluding carboxylic acids is 1. The van der Waals surface area contributed by atoms with Crippen LogP contribution in [0.15, 0.2) is 47.4 Å². The maximum atomic E-state index is 14.9. The second kappa shape index (κ2) is 11.7. The van der Waals surface area contributed by atoms with Gasteiger partial charge in [0.1, 0.15) is 11.6 Å². The van der Waals surface area contributed by atoms with E-state index in [0.717, 1.165) is 5.56 Å². The lowest BCUT2D eigenvalue weighted by Gasteiger charge is -2.41. The van der Waals surface area contributed by atoms with E-state index in [9.17, 15) is 24.2 Å². The van der Waals surface area contributed by atoms with Crippen LogP contribution in [0.2, 0.25) is 5.02 Å². The van der Waals surface area contributed by atoms with Crippen LogP contribution in [0.3, 0.4) is 0 Å². The zero-order valence-corrected chi connectivity index (χ0v) is 24.5. The zero-order chi connectivity index (χ0) is 30.3. The Balaban J connectivity index is 1.75. The first-order valence-corrected chi connectivity index (χ1v) is 14.1. The molecular weight excluding hydrogens is 563 g/mol. The number of benzene rings is 1. The highest BCUT2D eigenvalue weighted by atomic mass is 35.5. The quantitative estimate of drug-likeness (QED) is 0.348. The van der Waals surface area contributed by atoms with Gasteiger partial charge in [-0.25, -0.2) is 18.7 Å². The van der Waals surface area contributed by atoms with E-state index in [0.29, 0.717) is 29.1 Å². The van der Waals surface area contributed by atoms with Gasteiger partial charge >= 0.3 is 5.69 Å². The normalized spacial score (nSPS) is 16.4. The summed E-state index contributed by atoms with van der Waals surface area (Å²) in [5, 5.41) is 19.7. The molecule has 0 aliphatic carbocycles. The fraction of sp³-hybridized carbons (Fsp3) is 0.367. The summed E-state index contributed by atoms with van der Waals surface area (Å²) in [4.78, 5) is 43.7. The molecule has 1 aliphatic rings. The van der Waals surface area contributed by atoms with E-state index in [1.54, 1.807) is 36.5 Å². The largest absolute Gasteiger partial charge is 0.393 e. The number of aromatic nitrogens is 4. The Bertz CT molecular complexity index is 1730. The lowest BCUT2D eigenvalue weighted by atomic mass is 10.0. The molecule has 4 heterocycles. The molecular formula is C30H32ClFN6O4. The first-order chi connectivity index (χ1) is 20.0. The zero-order valence-electron chi connectivity index (χ0n) is 23.8. The number of hydrogen-bond acceptors (Lipinski definition) is 8. The van der Waals surface area contributed by atoms with Crippen molar-refractivity contribution >= 4 is 34.4 Å². The molecule has 0 bridgehead atoms. The molecule has 2 atom stereocenters. The van der Waals surface area contributed by atoms with Gasteiger partial charge in [-0.1, -0.05) is 37.6 Å². The summed E-state index contributed by atoms with van der Waals surface area (Å²) in [7, 11) is 0. The van der Waals surface area contributed by atoms with Crippen molar-refractivity contribution in [3.8, 4) is 16.9 Å². The Kier molecular flexibility index (Phi) is 8.27. The molecule has 4 aromatic rings. The highest BCUT2D eigenvalue weighted by Crippen LogP contribution is 2.36. The van der Waals surface area contributed by atoms with Crippen molar-refractivity contribution in [2.75, 3.05) is 31.1 Å². The number of nitrogens with zero attached hydrogens (tertiary/aromatic N) is 6. The number of hydrogen-bond donors (Lipinski definition) is 2. The van der Waals surface area contributed by atoms with Gasteiger partial charge in [0.15, 0.2) is 11.8 Å².